The smallest absolute Gasteiger partial charge is 0.0691 e. The van der Waals surface area contributed by atoms with Gasteiger partial charge in [-0.15, -0.1) is 0 Å². The van der Waals surface area contributed by atoms with Crippen LogP contribution in [0.4, 0.5) is 0 Å². The van der Waals surface area contributed by atoms with Crippen LogP contribution in [0.15, 0.2) is 0 Å². The molecule has 0 amide bonds. The van der Waals surface area contributed by atoms with Crippen LogP contribution in [-0.4, -0.2) is 14.6 Å². The van der Waals surface area contributed by atoms with Gasteiger partial charge in [0.25, 0.3) is 0 Å². The quantitative estimate of drug-likeness (QED) is 0.598. The van der Waals surface area contributed by atoms with Gasteiger partial charge in [0.1, 0.15) is 0 Å². The summed E-state index contributed by atoms with van der Waals surface area (Å²) in [4.78, 5) is 0. The van der Waals surface area contributed by atoms with Crippen LogP contribution in [0.1, 0.15) is 45.4 Å². The average Bonchev–Trinajstić information content (AvgIpc) is 3.04. The molecule has 1 N–H and O–H groups in total. The fourth-order valence-electron chi connectivity index (χ4n) is 4.63. The molecule has 0 heterocycles. The molecule has 7 atom stereocenters. The maximum Gasteiger partial charge on any atom is 0.0691 e. The summed E-state index contributed by atoms with van der Waals surface area (Å²) in [6, 6.07) is 0. The van der Waals surface area contributed by atoms with Crippen LogP contribution in [0, 0.1) is 35.5 Å². The Kier molecular flexibility index (Phi) is 2.45. The fourth-order valence-corrected chi connectivity index (χ4v) is 6.26. The molecule has 4 fully saturated rings. The summed E-state index contributed by atoms with van der Waals surface area (Å²) >= 11 is 2.67. The zero-order chi connectivity index (χ0) is 11.8. The fraction of sp³-hybridized carbons (Fsp3) is 1.00. The van der Waals surface area contributed by atoms with Crippen molar-refractivity contribution in [1.82, 2.24) is 0 Å². The van der Waals surface area contributed by atoms with Gasteiger partial charge < -0.3 is 5.11 Å². The first-order valence-electron chi connectivity index (χ1n) is 7.46. The van der Waals surface area contributed by atoms with Crippen LogP contribution < -0.4 is 0 Å². The van der Waals surface area contributed by atoms with E-state index in [-0.39, 0.29) is 9.53 Å². The molecule has 4 saturated carbocycles. The Morgan fingerprint density at radius 1 is 1.06 bits per heavy atom. The number of hydrogen-bond acceptors (Lipinski definition) is 1. The predicted octanol–water partition coefficient (Wildman–Crippen LogP) is 3.63. The Morgan fingerprint density at radius 2 is 1.76 bits per heavy atom. The van der Waals surface area contributed by atoms with Gasteiger partial charge in [-0.1, -0.05) is 29.5 Å². The first-order chi connectivity index (χ1) is 8.09. The molecule has 0 aromatic rings. The SMILES string of the molecule is CC1CC1[C@]1(I)CC(C2CC2)C2C[C@@H]2C[C@@H]1O. The van der Waals surface area contributed by atoms with E-state index in [1.54, 1.807) is 0 Å². The standard InChI is InChI=1S/C15H23IO/c1-8-4-13(8)15(16)7-12(9-2-3-9)11-5-10(11)6-14(15)17/h8-14,17H,2-7H2,1H3/t8?,10-,11?,12?,13?,14+,15-/m1/s1. The first kappa shape index (κ1) is 11.5. The minimum atomic E-state index is -0.0169. The van der Waals surface area contributed by atoms with Crippen molar-refractivity contribution in [2.75, 3.05) is 0 Å². The van der Waals surface area contributed by atoms with Crippen molar-refractivity contribution in [1.29, 1.82) is 0 Å². The maximum absolute atomic E-state index is 10.6. The first-order valence-corrected chi connectivity index (χ1v) is 8.54. The molecule has 17 heavy (non-hydrogen) atoms. The highest BCUT2D eigenvalue weighted by molar-refractivity contribution is 14.1. The lowest BCUT2D eigenvalue weighted by Crippen LogP contribution is -2.40. The minimum Gasteiger partial charge on any atom is -0.392 e. The van der Waals surface area contributed by atoms with E-state index in [4.69, 9.17) is 0 Å². The second kappa shape index (κ2) is 3.62. The molecule has 4 aliphatic carbocycles. The zero-order valence-corrected chi connectivity index (χ0v) is 12.8. The number of alkyl halides is 1. The van der Waals surface area contributed by atoms with Crippen molar-refractivity contribution in [3.05, 3.63) is 0 Å². The minimum absolute atomic E-state index is 0.0169. The van der Waals surface area contributed by atoms with Gasteiger partial charge >= 0.3 is 0 Å². The summed E-state index contributed by atoms with van der Waals surface area (Å²) in [5.41, 5.74) is 0. The van der Waals surface area contributed by atoms with Crippen LogP contribution in [0.25, 0.3) is 0 Å². The van der Waals surface area contributed by atoms with Crippen LogP contribution in [-0.2, 0) is 0 Å². The Balaban J connectivity index is 1.60. The summed E-state index contributed by atoms with van der Waals surface area (Å²) in [6.07, 6.45) is 8.19. The zero-order valence-electron chi connectivity index (χ0n) is 10.6. The van der Waals surface area contributed by atoms with Gasteiger partial charge in [0, 0.05) is 0 Å². The molecule has 0 saturated heterocycles. The highest BCUT2D eigenvalue weighted by Gasteiger charge is 2.61. The largest absolute Gasteiger partial charge is 0.392 e. The number of fused-ring (bicyclic) bond motifs is 1. The Hall–Kier alpha value is 0.690. The third-order valence-electron chi connectivity index (χ3n) is 6.11. The molecule has 4 rings (SSSR count). The molecule has 0 aliphatic heterocycles. The normalized spacial score (nSPS) is 61.6. The van der Waals surface area contributed by atoms with Crippen molar-refractivity contribution < 1.29 is 5.11 Å². The van der Waals surface area contributed by atoms with Gasteiger partial charge in [0.05, 0.1) is 9.53 Å². The summed E-state index contributed by atoms with van der Waals surface area (Å²) in [7, 11) is 0. The molecule has 4 unspecified atom stereocenters. The van der Waals surface area contributed by atoms with Gasteiger partial charge in [-0.3, -0.25) is 0 Å². The van der Waals surface area contributed by atoms with Gasteiger partial charge in [0.2, 0.25) is 0 Å². The Morgan fingerprint density at radius 3 is 2.35 bits per heavy atom. The second-order valence-corrected chi connectivity index (χ2v) is 9.37. The van der Waals surface area contributed by atoms with E-state index in [1.807, 2.05) is 0 Å². The lowest BCUT2D eigenvalue weighted by molar-refractivity contribution is 0.104. The molecule has 0 aromatic heterocycles. The number of hydrogen-bond donors (Lipinski definition) is 1. The second-order valence-electron chi connectivity index (χ2n) is 7.36. The molecule has 0 radical (unpaired) electrons. The molecule has 4 aliphatic rings. The summed E-state index contributed by atoms with van der Waals surface area (Å²) in [6.45, 7) is 2.37. The third-order valence-corrected chi connectivity index (χ3v) is 8.07. The summed E-state index contributed by atoms with van der Waals surface area (Å²) in [5.74, 6) is 5.59. The lowest BCUT2D eigenvalue weighted by Gasteiger charge is -2.35. The lowest BCUT2D eigenvalue weighted by atomic mass is 9.83. The van der Waals surface area contributed by atoms with E-state index in [9.17, 15) is 5.11 Å². The highest BCUT2D eigenvalue weighted by Crippen LogP contribution is 2.65. The highest BCUT2D eigenvalue weighted by atomic mass is 127. The summed E-state index contributed by atoms with van der Waals surface area (Å²) < 4.78 is 0.234. The molecular formula is C15H23IO. The van der Waals surface area contributed by atoms with E-state index in [1.165, 1.54) is 32.1 Å². The van der Waals surface area contributed by atoms with E-state index in [0.29, 0.717) is 0 Å². The van der Waals surface area contributed by atoms with Crippen molar-refractivity contribution in [2.45, 2.75) is 55.0 Å². The summed E-state index contributed by atoms with van der Waals surface area (Å²) in [5, 5.41) is 10.6. The number of aliphatic hydroxyl groups is 1. The molecule has 1 nitrogen and oxygen atoms in total. The van der Waals surface area contributed by atoms with Crippen molar-refractivity contribution in [3.8, 4) is 0 Å². The van der Waals surface area contributed by atoms with Gasteiger partial charge in [-0.25, -0.2) is 0 Å². The maximum atomic E-state index is 10.6. The predicted molar refractivity (Wildman–Crippen MR) is 77.1 cm³/mol. The molecular weight excluding hydrogens is 323 g/mol. The molecule has 2 heteroatoms. The van der Waals surface area contributed by atoms with Crippen LogP contribution >= 0.6 is 22.6 Å². The molecule has 0 aromatic carbocycles. The van der Waals surface area contributed by atoms with E-state index >= 15 is 0 Å². The van der Waals surface area contributed by atoms with Crippen LogP contribution in [0.2, 0.25) is 0 Å². The molecule has 0 bridgehead atoms. The van der Waals surface area contributed by atoms with Crippen molar-refractivity contribution in [2.24, 2.45) is 35.5 Å². The third kappa shape index (κ3) is 1.80. The number of rotatable bonds is 2. The Bertz CT molecular complexity index is 340. The van der Waals surface area contributed by atoms with Gasteiger partial charge in [0.15, 0.2) is 0 Å². The van der Waals surface area contributed by atoms with Crippen LogP contribution in [0.3, 0.4) is 0 Å². The van der Waals surface area contributed by atoms with E-state index < -0.39 is 0 Å². The molecule has 0 spiro atoms. The van der Waals surface area contributed by atoms with E-state index in [2.05, 4.69) is 29.5 Å². The van der Waals surface area contributed by atoms with Crippen LogP contribution in [0.5, 0.6) is 0 Å². The monoisotopic (exact) mass is 346 g/mol. The molecule has 96 valence electrons. The average molecular weight is 346 g/mol. The Labute approximate surface area is 118 Å². The van der Waals surface area contributed by atoms with Crippen molar-refractivity contribution >= 4 is 22.6 Å². The van der Waals surface area contributed by atoms with Crippen molar-refractivity contribution in [3.63, 3.8) is 0 Å². The number of halogens is 1. The van der Waals surface area contributed by atoms with Gasteiger partial charge in [-0.2, -0.15) is 0 Å². The number of aliphatic hydroxyl groups excluding tert-OH is 1. The van der Waals surface area contributed by atoms with E-state index in [0.717, 1.165) is 41.9 Å². The topological polar surface area (TPSA) is 20.2 Å². The van der Waals surface area contributed by atoms with Gasteiger partial charge in [-0.05, 0) is 74.0 Å².